The van der Waals surface area contributed by atoms with E-state index in [9.17, 15) is 4.79 Å². The van der Waals surface area contributed by atoms with Crippen molar-refractivity contribution in [3.63, 3.8) is 0 Å². The van der Waals surface area contributed by atoms with Crippen molar-refractivity contribution in [3.05, 3.63) is 16.6 Å². The number of nitrogens with zero attached hydrogens (tertiary/aromatic N) is 2. The number of alkyl halides is 2. The van der Waals surface area contributed by atoms with E-state index in [-0.39, 0.29) is 18.5 Å². The van der Waals surface area contributed by atoms with Gasteiger partial charge in [0.15, 0.2) is 0 Å². The lowest BCUT2D eigenvalue weighted by molar-refractivity contribution is 0.0491. The Morgan fingerprint density at radius 3 is 2.95 bits per heavy atom. The van der Waals surface area contributed by atoms with Crippen molar-refractivity contribution in [2.45, 2.75) is 17.7 Å². The first-order valence-corrected chi connectivity index (χ1v) is 7.44. The zero-order valence-corrected chi connectivity index (χ0v) is 12.8. The maximum absolute atomic E-state index is 12.0. The number of fused-ring (bicyclic) bond motifs is 1. The lowest BCUT2D eigenvalue weighted by Gasteiger charge is -2.02. The van der Waals surface area contributed by atoms with Crippen molar-refractivity contribution in [2.24, 2.45) is 13.0 Å². The minimum absolute atomic E-state index is 0.0533. The highest BCUT2D eigenvalue weighted by Gasteiger charge is 2.52. The van der Waals surface area contributed by atoms with Crippen molar-refractivity contribution in [1.29, 1.82) is 0 Å². The molecule has 0 N–H and O–H groups in total. The summed E-state index contributed by atoms with van der Waals surface area (Å²) < 4.78 is 6.31. The van der Waals surface area contributed by atoms with Gasteiger partial charge in [-0.2, -0.15) is 5.10 Å². The Labute approximate surface area is 124 Å². The molecule has 0 saturated heterocycles. The van der Waals surface area contributed by atoms with Crippen molar-refractivity contribution in [1.82, 2.24) is 9.78 Å². The van der Waals surface area contributed by atoms with Gasteiger partial charge >= 0.3 is 5.97 Å². The molecule has 1 aliphatic rings. The van der Waals surface area contributed by atoms with E-state index in [4.69, 9.17) is 27.9 Å². The van der Waals surface area contributed by atoms with E-state index in [1.54, 1.807) is 4.68 Å². The number of aromatic nitrogens is 2. The largest absolute Gasteiger partial charge is 0.461 e. The number of aryl methyl sites for hydroxylation is 2. The van der Waals surface area contributed by atoms with Gasteiger partial charge in [-0.3, -0.25) is 4.68 Å². The monoisotopic (exact) mass is 318 g/mol. The summed E-state index contributed by atoms with van der Waals surface area (Å²) in [4.78, 5) is 13.5. The molecule has 0 amide bonds. The van der Waals surface area contributed by atoms with Crippen LogP contribution in [0, 0.1) is 12.8 Å². The fourth-order valence-electron chi connectivity index (χ4n) is 2.00. The first kappa shape index (κ1) is 13.2. The molecule has 0 bridgehead atoms. The molecule has 1 atom stereocenters. The van der Waals surface area contributed by atoms with E-state index in [0.717, 1.165) is 15.9 Å². The summed E-state index contributed by atoms with van der Waals surface area (Å²) in [6.45, 7) is 2.20. The Morgan fingerprint density at radius 1 is 1.68 bits per heavy atom. The molecule has 0 spiro atoms. The third-order valence-corrected chi connectivity index (χ3v) is 5.38. The van der Waals surface area contributed by atoms with E-state index >= 15 is 0 Å². The van der Waals surface area contributed by atoms with Gasteiger partial charge in [-0.25, -0.2) is 4.79 Å². The summed E-state index contributed by atoms with van der Waals surface area (Å²) in [5, 5.41) is 5.29. The second-order valence-corrected chi connectivity index (χ2v) is 7.37. The van der Waals surface area contributed by atoms with Gasteiger partial charge in [-0.1, -0.05) is 0 Å². The van der Waals surface area contributed by atoms with Crippen LogP contribution in [-0.2, 0) is 11.8 Å². The molecule has 4 nitrogen and oxygen atoms in total. The second-order valence-electron chi connectivity index (χ2n) is 4.80. The van der Waals surface area contributed by atoms with Crippen molar-refractivity contribution in [2.75, 3.05) is 6.61 Å². The van der Waals surface area contributed by atoms with Crippen LogP contribution in [0.25, 0.3) is 10.2 Å². The highest BCUT2D eigenvalue weighted by Crippen LogP contribution is 2.53. The quantitative estimate of drug-likeness (QED) is 0.644. The lowest BCUT2D eigenvalue weighted by Crippen LogP contribution is -2.08. The molecule has 102 valence electrons. The molecule has 0 aromatic carbocycles. The van der Waals surface area contributed by atoms with Crippen LogP contribution >= 0.6 is 34.5 Å². The zero-order chi connectivity index (χ0) is 13.8. The van der Waals surface area contributed by atoms with Gasteiger partial charge in [-0.05, 0) is 19.4 Å². The summed E-state index contributed by atoms with van der Waals surface area (Å²) in [7, 11) is 1.86. The molecule has 7 heteroatoms. The third-order valence-electron chi connectivity index (χ3n) is 3.27. The smallest absolute Gasteiger partial charge is 0.348 e. The Hall–Kier alpha value is -0.780. The molecule has 0 aliphatic heterocycles. The molecular formula is C12H12Cl2N2O2S. The van der Waals surface area contributed by atoms with E-state index in [2.05, 4.69) is 5.10 Å². The van der Waals surface area contributed by atoms with Crippen molar-refractivity contribution >= 4 is 50.7 Å². The van der Waals surface area contributed by atoms with Crippen LogP contribution in [0.4, 0.5) is 0 Å². The third kappa shape index (κ3) is 2.35. The van der Waals surface area contributed by atoms with Crippen LogP contribution in [-0.4, -0.2) is 26.7 Å². The summed E-state index contributed by atoms with van der Waals surface area (Å²) in [5.74, 6) is -0.269. The molecule has 1 unspecified atom stereocenters. The minimum atomic E-state index is -0.707. The number of rotatable bonds is 3. The highest BCUT2D eigenvalue weighted by molar-refractivity contribution is 7.20. The predicted molar refractivity (Wildman–Crippen MR) is 76.2 cm³/mol. The van der Waals surface area contributed by atoms with Crippen LogP contribution in [0.2, 0.25) is 0 Å². The summed E-state index contributed by atoms with van der Waals surface area (Å²) >= 11 is 13.2. The van der Waals surface area contributed by atoms with Crippen LogP contribution in [0.1, 0.15) is 21.8 Å². The number of esters is 1. The number of hydrogen-bond donors (Lipinski definition) is 0. The number of carbonyl (C=O) groups is 1. The average Bonchev–Trinajstić information content (AvgIpc) is 2.72. The van der Waals surface area contributed by atoms with Crippen LogP contribution in [0.3, 0.4) is 0 Å². The number of hydrogen-bond acceptors (Lipinski definition) is 4. The van der Waals surface area contributed by atoms with Crippen LogP contribution < -0.4 is 0 Å². The summed E-state index contributed by atoms with van der Waals surface area (Å²) in [5.41, 5.74) is 0.913. The first-order chi connectivity index (χ1) is 8.88. The summed E-state index contributed by atoms with van der Waals surface area (Å²) in [6, 6.07) is 1.83. The molecule has 1 fully saturated rings. The Bertz CT molecular complexity index is 628. The number of thiophene rings is 1. The molecule has 1 saturated carbocycles. The SMILES string of the molecule is Cc1nn(C)c2sc(C(=O)OCC3CC3(Cl)Cl)cc12. The second kappa shape index (κ2) is 4.36. The molecule has 1 aliphatic carbocycles. The maximum atomic E-state index is 12.0. The number of ether oxygens (including phenoxy) is 1. The van der Waals surface area contributed by atoms with Gasteiger partial charge < -0.3 is 4.74 Å². The van der Waals surface area contributed by atoms with Gasteiger partial charge in [0, 0.05) is 18.4 Å². The standard InChI is InChI=1S/C12H12Cl2N2O2S/c1-6-8-3-9(19-10(8)16(2)15-6)11(17)18-5-7-4-12(7,13)14/h3,7H,4-5H2,1-2H3. The predicted octanol–water partition coefficient (Wildman–Crippen LogP) is 3.29. The maximum Gasteiger partial charge on any atom is 0.348 e. The topological polar surface area (TPSA) is 44.1 Å². The Morgan fingerprint density at radius 2 is 2.37 bits per heavy atom. The Kier molecular flexibility index (Phi) is 3.04. The van der Waals surface area contributed by atoms with E-state index in [0.29, 0.717) is 11.3 Å². The van der Waals surface area contributed by atoms with Gasteiger partial charge in [-0.15, -0.1) is 34.5 Å². The first-order valence-electron chi connectivity index (χ1n) is 5.86. The lowest BCUT2D eigenvalue weighted by atomic mass is 10.3. The van der Waals surface area contributed by atoms with E-state index < -0.39 is 4.33 Å². The molecular weight excluding hydrogens is 307 g/mol. The van der Waals surface area contributed by atoms with Gasteiger partial charge in [0.2, 0.25) is 0 Å². The van der Waals surface area contributed by atoms with Gasteiger partial charge in [0.25, 0.3) is 0 Å². The number of halogens is 2. The average molecular weight is 319 g/mol. The van der Waals surface area contributed by atoms with E-state index in [1.165, 1.54) is 11.3 Å². The van der Waals surface area contributed by atoms with Crippen molar-refractivity contribution in [3.8, 4) is 0 Å². The van der Waals surface area contributed by atoms with E-state index in [1.807, 2.05) is 20.0 Å². The fraction of sp³-hybridized carbons (Fsp3) is 0.500. The zero-order valence-electron chi connectivity index (χ0n) is 10.4. The molecule has 3 rings (SSSR count). The van der Waals surface area contributed by atoms with Gasteiger partial charge in [0.05, 0.1) is 12.3 Å². The normalized spacial score (nSPS) is 20.7. The number of carbonyl (C=O) groups excluding carboxylic acids is 1. The van der Waals surface area contributed by atoms with Gasteiger partial charge in [0.1, 0.15) is 14.0 Å². The minimum Gasteiger partial charge on any atom is -0.461 e. The molecule has 2 heterocycles. The van der Waals surface area contributed by atoms with Crippen molar-refractivity contribution < 1.29 is 9.53 Å². The van der Waals surface area contributed by atoms with Crippen LogP contribution in [0.5, 0.6) is 0 Å². The van der Waals surface area contributed by atoms with Crippen LogP contribution in [0.15, 0.2) is 6.07 Å². The molecule has 2 aromatic rings. The molecule has 0 radical (unpaired) electrons. The highest BCUT2D eigenvalue weighted by atomic mass is 35.5. The fourth-order valence-corrected chi connectivity index (χ4v) is 3.52. The summed E-state index contributed by atoms with van der Waals surface area (Å²) in [6.07, 6.45) is 0.679. The Balaban J connectivity index is 1.73. The molecule has 19 heavy (non-hydrogen) atoms. The molecule has 2 aromatic heterocycles.